The fraction of sp³-hybridized carbons (Fsp3) is 0.500. The highest BCUT2D eigenvalue weighted by Crippen LogP contribution is 2.15. The largest absolute Gasteiger partial charge is 0.313 e. The number of hydrogen-bond donors (Lipinski definition) is 1. The molecule has 2 aromatic rings. The molecule has 0 saturated carbocycles. The van der Waals surface area contributed by atoms with Gasteiger partial charge in [0.15, 0.2) is 0 Å². The Morgan fingerprint density at radius 2 is 2.22 bits per heavy atom. The Morgan fingerprint density at radius 3 is 2.83 bits per heavy atom. The van der Waals surface area contributed by atoms with E-state index < -0.39 is 0 Å². The summed E-state index contributed by atoms with van der Waals surface area (Å²) in [6.07, 6.45) is 3.31. The monoisotopic (exact) mass is 280 g/mol. The van der Waals surface area contributed by atoms with Gasteiger partial charge in [0.05, 0.1) is 5.01 Å². The fourth-order valence-electron chi connectivity index (χ4n) is 1.97. The van der Waals surface area contributed by atoms with Gasteiger partial charge in [-0.05, 0) is 48.7 Å². The summed E-state index contributed by atoms with van der Waals surface area (Å²) in [6, 6.07) is 2.73. The fourth-order valence-corrected chi connectivity index (χ4v) is 3.50. The average Bonchev–Trinajstić information content (AvgIpc) is 2.98. The van der Waals surface area contributed by atoms with Gasteiger partial charge in [-0.2, -0.15) is 11.3 Å². The van der Waals surface area contributed by atoms with Gasteiger partial charge < -0.3 is 5.32 Å². The molecule has 98 valence electrons. The molecule has 2 nitrogen and oxygen atoms in total. The molecule has 0 amide bonds. The van der Waals surface area contributed by atoms with E-state index in [4.69, 9.17) is 0 Å². The van der Waals surface area contributed by atoms with Crippen molar-refractivity contribution in [3.05, 3.63) is 38.5 Å². The van der Waals surface area contributed by atoms with Crippen LogP contribution >= 0.6 is 22.7 Å². The third-order valence-corrected chi connectivity index (χ3v) is 4.55. The summed E-state index contributed by atoms with van der Waals surface area (Å²) in [7, 11) is 0. The Hall–Kier alpha value is -0.710. The van der Waals surface area contributed by atoms with E-state index in [1.807, 2.05) is 0 Å². The van der Waals surface area contributed by atoms with E-state index in [1.54, 1.807) is 22.7 Å². The Balaban J connectivity index is 1.95. The molecule has 4 heteroatoms. The van der Waals surface area contributed by atoms with Crippen molar-refractivity contribution in [3.63, 3.8) is 0 Å². The molecule has 1 N–H and O–H groups in total. The SMILES string of the molecule is CCCNC(Cc1ccsc1)Cc1nc(C)cs1. The number of nitrogens with one attached hydrogen (secondary N) is 1. The zero-order valence-corrected chi connectivity index (χ0v) is 12.6. The molecule has 0 aliphatic carbocycles. The number of hydrogen-bond acceptors (Lipinski definition) is 4. The highest BCUT2D eigenvalue weighted by Gasteiger charge is 2.12. The molecular formula is C14H20N2S2. The van der Waals surface area contributed by atoms with Crippen molar-refractivity contribution in [3.8, 4) is 0 Å². The lowest BCUT2D eigenvalue weighted by atomic mass is 10.1. The minimum Gasteiger partial charge on any atom is -0.313 e. The van der Waals surface area contributed by atoms with Crippen LogP contribution in [0, 0.1) is 6.92 Å². The van der Waals surface area contributed by atoms with Crippen molar-refractivity contribution in [2.24, 2.45) is 0 Å². The Morgan fingerprint density at radius 1 is 1.33 bits per heavy atom. The Labute approximate surface area is 117 Å². The molecular weight excluding hydrogens is 260 g/mol. The first-order chi connectivity index (χ1) is 8.78. The van der Waals surface area contributed by atoms with Crippen molar-refractivity contribution in [1.82, 2.24) is 10.3 Å². The zero-order chi connectivity index (χ0) is 12.8. The van der Waals surface area contributed by atoms with Crippen LogP contribution in [0.3, 0.4) is 0 Å². The second-order valence-corrected chi connectivity index (χ2v) is 6.30. The van der Waals surface area contributed by atoms with Crippen LogP contribution in [0.2, 0.25) is 0 Å². The first kappa shape index (κ1) is 13.7. The van der Waals surface area contributed by atoms with E-state index in [1.165, 1.54) is 17.0 Å². The summed E-state index contributed by atoms with van der Waals surface area (Å²) in [5, 5.41) is 11.4. The first-order valence-electron chi connectivity index (χ1n) is 6.43. The van der Waals surface area contributed by atoms with Crippen LogP contribution in [0.25, 0.3) is 0 Å². The highest BCUT2D eigenvalue weighted by atomic mass is 32.1. The normalized spacial score (nSPS) is 12.8. The molecule has 0 spiro atoms. The van der Waals surface area contributed by atoms with Crippen LogP contribution in [-0.4, -0.2) is 17.6 Å². The third kappa shape index (κ3) is 4.19. The number of nitrogens with zero attached hydrogens (tertiary/aromatic N) is 1. The van der Waals surface area contributed by atoms with E-state index in [-0.39, 0.29) is 0 Å². The molecule has 0 bridgehead atoms. The van der Waals surface area contributed by atoms with Gasteiger partial charge in [-0.1, -0.05) is 6.92 Å². The van der Waals surface area contributed by atoms with Gasteiger partial charge in [-0.25, -0.2) is 4.98 Å². The summed E-state index contributed by atoms with van der Waals surface area (Å²) in [4.78, 5) is 4.57. The lowest BCUT2D eigenvalue weighted by molar-refractivity contribution is 0.504. The van der Waals surface area contributed by atoms with Crippen molar-refractivity contribution >= 4 is 22.7 Å². The molecule has 2 heterocycles. The van der Waals surface area contributed by atoms with Crippen LogP contribution in [-0.2, 0) is 12.8 Å². The van der Waals surface area contributed by atoms with E-state index in [2.05, 4.69) is 46.4 Å². The zero-order valence-electron chi connectivity index (χ0n) is 11.0. The summed E-state index contributed by atoms with van der Waals surface area (Å²) in [5.74, 6) is 0. The van der Waals surface area contributed by atoms with E-state index in [0.717, 1.165) is 25.1 Å². The highest BCUT2D eigenvalue weighted by molar-refractivity contribution is 7.09. The van der Waals surface area contributed by atoms with Crippen molar-refractivity contribution < 1.29 is 0 Å². The summed E-state index contributed by atoms with van der Waals surface area (Å²) in [6.45, 7) is 5.36. The van der Waals surface area contributed by atoms with Crippen molar-refractivity contribution in [2.75, 3.05) is 6.54 Å². The van der Waals surface area contributed by atoms with Crippen molar-refractivity contribution in [2.45, 2.75) is 39.2 Å². The van der Waals surface area contributed by atoms with E-state index in [9.17, 15) is 0 Å². The molecule has 0 aromatic carbocycles. The minimum atomic E-state index is 0.505. The average molecular weight is 280 g/mol. The lowest BCUT2D eigenvalue weighted by Crippen LogP contribution is -2.33. The van der Waals surface area contributed by atoms with Gasteiger partial charge in [-0.3, -0.25) is 0 Å². The molecule has 0 fully saturated rings. The van der Waals surface area contributed by atoms with Gasteiger partial charge in [0.2, 0.25) is 0 Å². The first-order valence-corrected chi connectivity index (χ1v) is 8.25. The number of rotatable bonds is 7. The smallest absolute Gasteiger partial charge is 0.0943 e. The summed E-state index contributed by atoms with van der Waals surface area (Å²) >= 11 is 3.55. The van der Waals surface area contributed by atoms with Crippen molar-refractivity contribution in [1.29, 1.82) is 0 Å². The number of aromatic nitrogens is 1. The predicted octanol–water partition coefficient (Wildman–Crippen LogP) is 3.67. The van der Waals surface area contributed by atoms with E-state index in [0.29, 0.717) is 6.04 Å². The maximum Gasteiger partial charge on any atom is 0.0943 e. The molecule has 2 rings (SSSR count). The van der Waals surface area contributed by atoms with Crippen LogP contribution in [0.1, 0.15) is 29.6 Å². The molecule has 1 unspecified atom stereocenters. The van der Waals surface area contributed by atoms with Gasteiger partial charge in [0.25, 0.3) is 0 Å². The maximum atomic E-state index is 4.57. The maximum absolute atomic E-state index is 4.57. The number of aryl methyl sites for hydroxylation is 1. The molecule has 18 heavy (non-hydrogen) atoms. The molecule has 2 aromatic heterocycles. The summed E-state index contributed by atoms with van der Waals surface area (Å²) in [5.41, 5.74) is 2.57. The second kappa shape index (κ2) is 7.02. The van der Waals surface area contributed by atoms with Gasteiger partial charge in [0.1, 0.15) is 0 Å². The molecule has 0 aliphatic heterocycles. The summed E-state index contributed by atoms with van der Waals surface area (Å²) < 4.78 is 0. The van der Waals surface area contributed by atoms with Crippen LogP contribution < -0.4 is 5.32 Å². The lowest BCUT2D eigenvalue weighted by Gasteiger charge is -2.16. The Bertz CT molecular complexity index is 448. The molecule has 0 radical (unpaired) electrons. The minimum absolute atomic E-state index is 0.505. The van der Waals surface area contributed by atoms with Gasteiger partial charge >= 0.3 is 0 Å². The Kier molecular flexibility index (Phi) is 5.35. The number of thiophene rings is 1. The quantitative estimate of drug-likeness (QED) is 0.837. The molecule has 0 aliphatic rings. The second-order valence-electron chi connectivity index (χ2n) is 4.57. The van der Waals surface area contributed by atoms with E-state index >= 15 is 0 Å². The van der Waals surface area contributed by atoms with Gasteiger partial charge in [0, 0.05) is 23.5 Å². The van der Waals surface area contributed by atoms with Crippen LogP contribution in [0.15, 0.2) is 22.2 Å². The molecule has 1 atom stereocenters. The predicted molar refractivity (Wildman–Crippen MR) is 80.7 cm³/mol. The van der Waals surface area contributed by atoms with Crippen LogP contribution in [0.4, 0.5) is 0 Å². The van der Waals surface area contributed by atoms with Gasteiger partial charge in [-0.15, -0.1) is 11.3 Å². The molecule has 0 saturated heterocycles. The third-order valence-electron chi connectivity index (χ3n) is 2.83. The number of thiazole rings is 1. The standard InChI is InChI=1S/C14H20N2S2/c1-3-5-15-13(7-12-4-6-17-10-12)8-14-16-11(2)9-18-14/h4,6,9-10,13,15H,3,5,7-8H2,1-2H3. The van der Waals surface area contributed by atoms with Crippen LogP contribution in [0.5, 0.6) is 0 Å². The topological polar surface area (TPSA) is 24.9 Å².